The molecule has 0 aromatic rings. The first kappa shape index (κ1) is 4.03. The van der Waals surface area contributed by atoms with Crippen LogP contribution in [0.2, 0.25) is 0 Å². The number of rotatable bonds is 0. The Morgan fingerprint density at radius 1 is 2.00 bits per heavy atom. The maximum absolute atomic E-state index is 9.03. The van der Waals surface area contributed by atoms with Gasteiger partial charge in [0.2, 0.25) is 0 Å². The SMILES string of the molecule is O=C(O)[AsH2]. The van der Waals surface area contributed by atoms with Gasteiger partial charge in [0.1, 0.15) is 0 Å². The van der Waals surface area contributed by atoms with Crippen LogP contribution in [-0.4, -0.2) is 26.7 Å². The minimum absolute atomic E-state index is 0.715. The van der Waals surface area contributed by atoms with Crippen LogP contribution in [-0.2, 0) is 0 Å². The van der Waals surface area contributed by atoms with Crippen LogP contribution in [0.15, 0.2) is 0 Å². The van der Waals surface area contributed by atoms with E-state index in [2.05, 4.69) is 0 Å². The molecule has 0 aromatic heterocycles. The topological polar surface area (TPSA) is 37.3 Å². The fourth-order valence-corrected chi connectivity index (χ4v) is 0. The van der Waals surface area contributed by atoms with Crippen LogP contribution in [0.1, 0.15) is 0 Å². The van der Waals surface area contributed by atoms with Crippen molar-refractivity contribution in [3.05, 3.63) is 0 Å². The number of hydrogen-bond acceptors (Lipinski definition) is 1. The van der Waals surface area contributed by atoms with Gasteiger partial charge in [0.15, 0.2) is 0 Å². The van der Waals surface area contributed by atoms with Crippen LogP contribution in [0.5, 0.6) is 0 Å². The van der Waals surface area contributed by atoms with Crippen molar-refractivity contribution in [2.24, 2.45) is 0 Å². The van der Waals surface area contributed by atoms with Crippen LogP contribution >= 0.6 is 0 Å². The first-order valence-electron chi connectivity index (χ1n) is 0.716. The van der Waals surface area contributed by atoms with Gasteiger partial charge < -0.3 is 0 Å². The summed E-state index contributed by atoms with van der Waals surface area (Å²) in [5.74, 6) is 0. The van der Waals surface area contributed by atoms with Crippen molar-refractivity contribution in [3.63, 3.8) is 0 Å². The van der Waals surface area contributed by atoms with E-state index in [9.17, 15) is 0 Å². The molecule has 0 saturated carbocycles. The Balaban J connectivity index is 2.80. The average molecular weight is 122 g/mol. The van der Waals surface area contributed by atoms with Crippen molar-refractivity contribution in [3.8, 4) is 0 Å². The van der Waals surface area contributed by atoms with Crippen molar-refractivity contribution in [1.82, 2.24) is 0 Å². The van der Waals surface area contributed by atoms with Crippen LogP contribution in [0, 0.1) is 0 Å². The molecule has 0 rings (SSSR count). The molecule has 0 spiro atoms. The number of carbonyl (C=O) groups is 1. The maximum atomic E-state index is 9.03. The molecular weight excluding hydrogens is 119 g/mol. The van der Waals surface area contributed by atoms with Crippen LogP contribution < -0.4 is 0 Å². The van der Waals surface area contributed by atoms with E-state index in [0.717, 1.165) is 0 Å². The molecule has 0 bridgehead atoms. The summed E-state index contributed by atoms with van der Waals surface area (Å²) in [7, 11) is 0. The van der Waals surface area contributed by atoms with Crippen LogP contribution in [0.4, 0.5) is 4.79 Å². The zero-order valence-electron chi connectivity index (χ0n) is 1.93. The quantitative estimate of drug-likeness (QED) is 0.431. The zero-order chi connectivity index (χ0) is 3.58. The normalized spacial score (nSPS) is 6.25. The van der Waals surface area contributed by atoms with Gasteiger partial charge in [-0.2, -0.15) is 0 Å². The summed E-state index contributed by atoms with van der Waals surface area (Å²) in [6.07, 6.45) is 0. The molecule has 3 heteroatoms. The molecule has 4 heavy (non-hydrogen) atoms. The van der Waals surface area contributed by atoms with Crippen molar-refractivity contribution >= 4 is 21.6 Å². The number of hydrogen-bond donors (Lipinski definition) is 1. The van der Waals surface area contributed by atoms with Gasteiger partial charge in [-0.1, -0.05) is 0 Å². The summed E-state index contributed by atoms with van der Waals surface area (Å²) >= 11 is 0.715. The fraction of sp³-hybridized carbons (Fsp3) is 0. The van der Waals surface area contributed by atoms with Crippen molar-refractivity contribution in [1.29, 1.82) is 0 Å². The van der Waals surface area contributed by atoms with Crippen molar-refractivity contribution in [2.45, 2.75) is 0 Å². The molecule has 0 radical (unpaired) electrons. The summed E-state index contributed by atoms with van der Waals surface area (Å²) in [5, 5.41) is 7.44. The minimum atomic E-state index is -0.771. The molecule has 0 aromatic carbocycles. The van der Waals surface area contributed by atoms with E-state index in [-0.39, 0.29) is 0 Å². The second-order valence-corrected chi connectivity index (χ2v) is 1.37. The Bertz CT molecular complexity index is 29.0. The third kappa shape index (κ3) is 2650. The van der Waals surface area contributed by atoms with Gasteiger partial charge >= 0.3 is 31.5 Å². The van der Waals surface area contributed by atoms with E-state index in [1.165, 1.54) is 0 Å². The van der Waals surface area contributed by atoms with Gasteiger partial charge in [-0.05, 0) is 0 Å². The van der Waals surface area contributed by atoms with Gasteiger partial charge in [-0.25, -0.2) is 0 Å². The van der Waals surface area contributed by atoms with E-state index in [1.54, 1.807) is 0 Å². The standard InChI is InChI=1S/CH3AsO2/c2-1(3)4/h2H2,(H,3,4). The molecule has 1 unspecified atom stereocenters. The molecule has 0 heterocycles. The fourth-order valence-electron chi connectivity index (χ4n) is 0. The molecule has 0 fully saturated rings. The van der Waals surface area contributed by atoms with Crippen molar-refractivity contribution in [2.75, 3.05) is 0 Å². The van der Waals surface area contributed by atoms with Crippen molar-refractivity contribution < 1.29 is 9.90 Å². The monoisotopic (exact) mass is 122 g/mol. The predicted molar refractivity (Wildman–Crippen MR) is 16.6 cm³/mol. The zero-order valence-corrected chi connectivity index (χ0v) is 4.36. The Kier molecular flexibility index (Phi) is 1.37. The summed E-state index contributed by atoms with van der Waals surface area (Å²) in [4.78, 5) is 9.03. The summed E-state index contributed by atoms with van der Waals surface area (Å²) in [5.41, 5.74) is 0. The molecule has 24 valence electrons. The average Bonchev–Trinajstić information content (AvgIpc) is 0.811. The molecule has 1 atom stereocenters. The van der Waals surface area contributed by atoms with Gasteiger partial charge in [-0.15, -0.1) is 0 Å². The molecule has 0 amide bonds. The third-order valence-corrected chi connectivity index (χ3v) is 0. The summed E-state index contributed by atoms with van der Waals surface area (Å²) in [6, 6.07) is 0. The first-order valence-corrected chi connectivity index (χ1v) is 1.93. The third-order valence-electron chi connectivity index (χ3n) is 0. The van der Waals surface area contributed by atoms with Gasteiger partial charge in [0.25, 0.3) is 0 Å². The molecule has 0 aliphatic heterocycles. The van der Waals surface area contributed by atoms with Gasteiger partial charge in [0.05, 0.1) is 0 Å². The van der Waals surface area contributed by atoms with E-state index in [4.69, 9.17) is 9.90 Å². The molecule has 1 N–H and O–H groups in total. The van der Waals surface area contributed by atoms with Crippen LogP contribution in [0.3, 0.4) is 0 Å². The van der Waals surface area contributed by atoms with Gasteiger partial charge in [0, 0.05) is 0 Å². The molecule has 0 aliphatic rings. The van der Waals surface area contributed by atoms with Crippen LogP contribution in [0.25, 0.3) is 0 Å². The first-order chi connectivity index (χ1) is 1.73. The molecular formula is CH3AsO2. The Hall–Kier alpha value is 0.0284. The summed E-state index contributed by atoms with van der Waals surface area (Å²) in [6.45, 7) is 0. The molecule has 2 nitrogen and oxygen atoms in total. The van der Waals surface area contributed by atoms with E-state index < -0.39 is 4.76 Å². The Labute approximate surface area is 32.3 Å². The van der Waals surface area contributed by atoms with E-state index in [1.807, 2.05) is 0 Å². The molecule has 0 aliphatic carbocycles. The number of carboxylic acid groups (broad SMARTS) is 1. The second kappa shape index (κ2) is 1.36. The Morgan fingerprint density at radius 3 is 2.00 bits per heavy atom. The van der Waals surface area contributed by atoms with E-state index in [0.29, 0.717) is 16.9 Å². The predicted octanol–water partition coefficient (Wildman–Crippen LogP) is -0.703. The summed E-state index contributed by atoms with van der Waals surface area (Å²) < 4.78 is -0.771. The second-order valence-electron chi connectivity index (χ2n) is 0.338. The Morgan fingerprint density at radius 2 is 2.00 bits per heavy atom. The van der Waals surface area contributed by atoms with Gasteiger partial charge in [-0.3, -0.25) is 0 Å². The van der Waals surface area contributed by atoms with E-state index >= 15 is 0 Å². The molecule has 0 saturated heterocycles.